The molecule has 0 amide bonds. The van der Waals surface area contributed by atoms with E-state index in [9.17, 15) is 0 Å². The molecule has 0 atom stereocenters. The van der Waals surface area contributed by atoms with Crippen LogP contribution in [0.4, 0.5) is 0 Å². The third kappa shape index (κ3) is 11.7. The standard InChI is InChI=1S/C35H60O/c1-3-5-7-8-9-10-12-15-30-17-19-32(20-18-30)16-13-29-36-35-27-25-34(26-28-35)33-23-21-31(22-24-33)14-11-6-4-2/h21-24,30,32,34-35H,3-20,25-29H2,1-2H3/t30-,32-,34-,35-. The molecule has 0 radical (unpaired) electrons. The van der Waals surface area contributed by atoms with Crippen LogP contribution in [0.2, 0.25) is 0 Å². The summed E-state index contributed by atoms with van der Waals surface area (Å²) in [7, 11) is 0. The Kier molecular flexibility index (Phi) is 15.2. The average Bonchev–Trinajstić information content (AvgIpc) is 2.92. The average molecular weight is 497 g/mol. The topological polar surface area (TPSA) is 9.23 Å². The summed E-state index contributed by atoms with van der Waals surface area (Å²) in [6.45, 7) is 5.59. The summed E-state index contributed by atoms with van der Waals surface area (Å²) in [5.41, 5.74) is 3.08. The van der Waals surface area contributed by atoms with Crippen molar-refractivity contribution in [2.45, 2.75) is 167 Å². The predicted molar refractivity (Wildman–Crippen MR) is 158 cm³/mol. The minimum absolute atomic E-state index is 0.521. The maximum absolute atomic E-state index is 6.35. The lowest BCUT2D eigenvalue weighted by molar-refractivity contribution is 0.0204. The van der Waals surface area contributed by atoms with Gasteiger partial charge in [-0.15, -0.1) is 0 Å². The molecule has 2 saturated carbocycles. The quantitative estimate of drug-likeness (QED) is 0.184. The molecule has 1 aromatic carbocycles. The van der Waals surface area contributed by atoms with Crippen molar-refractivity contribution in [2.75, 3.05) is 6.61 Å². The van der Waals surface area contributed by atoms with Crippen molar-refractivity contribution in [1.82, 2.24) is 0 Å². The molecule has 1 heteroatoms. The molecule has 36 heavy (non-hydrogen) atoms. The van der Waals surface area contributed by atoms with E-state index in [-0.39, 0.29) is 0 Å². The molecule has 0 spiro atoms. The molecule has 0 heterocycles. The Morgan fingerprint density at radius 2 is 1.14 bits per heavy atom. The van der Waals surface area contributed by atoms with Crippen LogP contribution in [0, 0.1) is 11.8 Å². The van der Waals surface area contributed by atoms with Gasteiger partial charge in [0.25, 0.3) is 0 Å². The van der Waals surface area contributed by atoms with Crippen LogP contribution < -0.4 is 0 Å². The molecule has 0 bridgehead atoms. The fourth-order valence-electron chi connectivity index (χ4n) is 6.92. The Bertz CT molecular complexity index is 633. The van der Waals surface area contributed by atoms with E-state index in [1.807, 2.05) is 0 Å². The normalized spacial score (nSPS) is 24.7. The first-order chi connectivity index (χ1) is 17.8. The molecule has 0 aliphatic heterocycles. The highest BCUT2D eigenvalue weighted by Gasteiger charge is 2.24. The zero-order chi connectivity index (χ0) is 25.3. The van der Waals surface area contributed by atoms with E-state index in [1.165, 1.54) is 147 Å². The fraction of sp³-hybridized carbons (Fsp3) is 0.829. The zero-order valence-electron chi connectivity index (χ0n) is 24.3. The van der Waals surface area contributed by atoms with E-state index in [2.05, 4.69) is 38.1 Å². The van der Waals surface area contributed by atoms with Gasteiger partial charge in [-0.3, -0.25) is 0 Å². The molecule has 0 N–H and O–H groups in total. The lowest BCUT2D eigenvalue weighted by Crippen LogP contribution is -2.21. The second-order valence-corrected chi connectivity index (χ2v) is 12.5. The monoisotopic (exact) mass is 496 g/mol. The highest BCUT2D eigenvalue weighted by molar-refractivity contribution is 5.26. The van der Waals surface area contributed by atoms with Crippen LogP contribution in [0.3, 0.4) is 0 Å². The van der Waals surface area contributed by atoms with Crippen molar-refractivity contribution in [3.63, 3.8) is 0 Å². The largest absolute Gasteiger partial charge is 0.378 e. The summed E-state index contributed by atoms with van der Waals surface area (Å²) in [5.74, 6) is 2.78. The summed E-state index contributed by atoms with van der Waals surface area (Å²) in [4.78, 5) is 0. The molecule has 1 nitrogen and oxygen atoms in total. The van der Waals surface area contributed by atoms with Gasteiger partial charge in [0.05, 0.1) is 6.10 Å². The molecular weight excluding hydrogens is 436 g/mol. The number of hydrogen-bond donors (Lipinski definition) is 0. The number of rotatable bonds is 18. The van der Waals surface area contributed by atoms with Gasteiger partial charge in [0.1, 0.15) is 0 Å². The van der Waals surface area contributed by atoms with Crippen molar-refractivity contribution < 1.29 is 4.74 Å². The van der Waals surface area contributed by atoms with Gasteiger partial charge in [-0.2, -0.15) is 0 Å². The smallest absolute Gasteiger partial charge is 0.0575 e. The van der Waals surface area contributed by atoms with Crippen molar-refractivity contribution in [3.05, 3.63) is 35.4 Å². The Labute approximate surface area is 225 Å². The maximum atomic E-state index is 6.35. The number of aryl methyl sites for hydroxylation is 1. The minimum atomic E-state index is 0.521. The molecule has 206 valence electrons. The van der Waals surface area contributed by atoms with Gasteiger partial charge in [-0.05, 0) is 80.2 Å². The summed E-state index contributed by atoms with van der Waals surface area (Å²) in [5, 5.41) is 0. The van der Waals surface area contributed by atoms with Crippen LogP contribution in [-0.4, -0.2) is 12.7 Å². The zero-order valence-corrected chi connectivity index (χ0v) is 24.3. The lowest BCUT2D eigenvalue weighted by Gasteiger charge is -2.30. The predicted octanol–water partition coefficient (Wildman–Crippen LogP) is 11.2. The molecule has 0 aromatic heterocycles. The number of ether oxygens (including phenoxy) is 1. The third-order valence-corrected chi connectivity index (χ3v) is 9.49. The van der Waals surface area contributed by atoms with Crippen LogP contribution >= 0.6 is 0 Å². The van der Waals surface area contributed by atoms with E-state index >= 15 is 0 Å². The molecule has 1 aromatic rings. The molecule has 2 fully saturated rings. The Hall–Kier alpha value is -0.820. The van der Waals surface area contributed by atoms with Crippen LogP contribution in [0.1, 0.15) is 166 Å². The van der Waals surface area contributed by atoms with Gasteiger partial charge in [0.2, 0.25) is 0 Å². The summed E-state index contributed by atoms with van der Waals surface area (Å²) < 4.78 is 6.35. The first-order valence-corrected chi connectivity index (χ1v) is 16.5. The third-order valence-electron chi connectivity index (χ3n) is 9.49. The number of benzene rings is 1. The molecule has 2 aliphatic carbocycles. The highest BCUT2D eigenvalue weighted by Crippen LogP contribution is 2.36. The minimum Gasteiger partial charge on any atom is -0.378 e. The summed E-state index contributed by atoms with van der Waals surface area (Å²) in [6, 6.07) is 9.60. The summed E-state index contributed by atoms with van der Waals surface area (Å²) >= 11 is 0. The number of hydrogen-bond acceptors (Lipinski definition) is 1. The van der Waals surface area contributed by atoms with Crippen LogP contribution in [-0.2, 0) is 11.2 Å². The SMILES string of the molecule is CCCCCCCCC[C@H]1CC[C@H](CCCO[C@H]2CC[C@H](c3ccc(CCCCC)cc3)CC2)CC1. The first kappa shape index (κ1) is 29.7. The van der Waals surface area contributed by atoms with Crippen molar-refractivity contribution >= 4 is 0 Å². The summed E-state index contributed by atoms with van der Waals surface area (Å²) in [6.07, 6.45) is 31.3. The highest BCUT2D eigenvalue weighted by atomic mass is 16.5. The van der Waals surface area contributed by atoms with Crippen LogP contribution in [0.25, 0.3) is 0 Å². The van der Waals surface area contributed by atoms with Crippen LogP contribution in [0.5, 0.6) is 0 Å². The fourth-order valence-corrected chi connectivity index (χ4v) is 6.92. The lowest BCUT2D eigenvalue weighted by atomic mass is 9.78. The van der Waals surface area contributed by atoms with Crippen molar-refractivity contribution in [3.8, 4) is 0 Å². The maximum Gasteiger partial charge on any atom is 0.0575 e. The van der Waals surface area contributed by atoms with Crippen molar-refractivity contribution in [2.24, 2.45) is 11.8 Å². The first-order valence-electron chi connectivity index (χ1n) is 16.5. The van der Waals surface area contributed by atoms with Gasteiger partial charge in [-0.1, -0.05) is 128 Å². The Balaban J connectivity index is 1.17. The Morgan fingerprint density at radius 1 is 0.583 bits per heavy atom. The van der Waals surface area contributed by atoms with E-state index in [4.69, 9.17) is 4.74 Å². The van der Waals surface area contributed by atoms with Gasteiger partial charge in [-0.25, -0.2) is 0 Å². The van der Waals surface area contributed by atoms with Gasteiger partial charge in [0, 0.05) is 6.61 Å². The second-order valence-electron chi connectivity index (χ2n) is 12.5. The van der Waals surface area contributed by atoms with Gasteiger partial charge >= 0.3 is 0 Å². The molecular formula is C35H60O. The Morgan fingerprint density at radius 3 is 1.78 bits per heavy atom. The molecule has 0 saturated heterocycles. The number of unbranched alkanes of at least 4 members (excludes halogenated alkanes) is 8. The van der Waals surface area contributed by atoms with Gasteiger partial charge in [0.15, 0.2) is 0 Å². The van der Waals surface area contributed by atoms with E-state index in [0.717, 1.165) is 24.4 Å². The van der Waals surface area contributed by atoms with E-state index in [0.29, 0.717) is 6.10 Å². The van der Waals surface area contributed by atoms with E-state index in [1.54, 1.807) is 5.56 Å². The van der Waals surface area contributed by atoms with Crippen molar-refractivity contribution in [1.29, 1.82) is 0 Å². The molecule has 0 unspecified atom stereocenters. The molecule has 3 rings (SSSR count). The second kappa shape index (κ2) is 18.4. The van der Waals surface area contributed by atoms with Crippen LogP contribution in [0.15, 0.2) is 24.3 Å². The van der Waals surface area contributed by atoms with E-state index < -0.39 is 0 Å². The molecule has 2 aliphatic rings. The van der Waals surface area contributed by atoms with Gasteiger partial charge < -0.3 is 4.74 Å².